The Balaban J connectivity index is 1.61. The quantitative estimate of drug-likeness (QED) is 0.204. The zero-order valence-electron chi connectivity index (χ0n) is 17.9. The van der Waals surface area contributed by atoms with E-state index in [-0.39, 0.29) is 5.91 Å². The fourth-order valence-corrected chi connectivity index (χ4v) is 3.50. The normalized spacial score (nSPS) is 12.3. The van der Waals surface area contributed by atoms with Crippen LogP contribution in [0.2, 0.25) is 0 Å². The van der Waals surface area contributed by atoms with Crippen LogP contribution in [0.4, 0.5) is 24.5 Å². The lowest BCUT2D eigenvalue weighted by Crippen LogP contribution is -2.08. The molecule has 0 aliphatic heterocycles. The predicted molar refractivity (Wildman–Crippen MR) is 129 cm³/mol. The van der Waals surface area contributed by atoms with Gasteiger partial charge in [-0.1, -0.05) is 48.6 Å². The summed E-state index contributed by atoms with van der Waals surface area (Å²) in [5, 5.41) is 4.61. The minimum atomic E-state index is -4.42. The van der Waals surface area contributed by atoms with E-state index in [9.17, 15) is 18.0 Å². The summed E-state index contributed by atoms with van der Waals surface area (Å²) < 4.78 is 38.9. The van der Waals surface area contributed by atoms with Crippen LogP contribution in [0, 0.1) is 0 Å². The van der Waals surface area contributed by atoms with Crippen molar-refractivity contribution in [1.29, 1.82) is 0 Å². The molecule has 0 aliphatic carbocycles. The van der Waals surface area contributed by atoms with Crippen molar-refractivity contribution in [2.24, 2.45) is 0 Å². The highest BCUT2D eigenvalue weighted by molar-refractivity contribution is 6.06. The van der Waals surface area contributed by atoms with Gasteiger partial charge in [-0.15, -0.1) is 0 Å². The van der Waals surface area contributed by atoms with E-state index < -0.39 is 11.7 Å². The van der Waals surface area contributed by atoms with E-state index in [1.165, 1.54) is 18.2 Å². The first-order valence-corrected chi connectivity index (χ1v) is 10.4. The van der Waals surface area contributed by atoms with E-state index in [0.717, 1.165) is 28.5 Å². The van der Waals surface area contributed by atoms with Crippen molar-refractivity contribution in [1.82, 2.24) is 4.98 Å². The Kier molecular flexibility index (Phi) is 6.45. The van der Waals surface area contributed by atoms with Gasteiger partial charge in [0, 0.05) is 40.6 Å². The van der Waals surface area contributed by atoms with E-state index in [4.69, 9.17) is 5.73 Å². The Hall–Kier alpha value is -4.39. The number of nitrogens with zero attached hydrogens (tertiary/aromatic N) is 1. The molecule has 0 spiro atoms. The van der Waals surface area contributed by atoms with Crippen molar-refractivity contribution in [3.8, 4) is 0 Å². The molecule has 1 amide bonds. The largest absolute Gasteiger partial charge is 0.416 e. The van der Waals surface area contributed by atoms with Crippen LogP contribution in [0.3, 0.4) is 0 Å². The topological polar surface area (TPSA) is 68.0 Å². The Bertz CT molecular complexity index is 1370. The molecule has 1 heterocycles. The van der Waals surface area contributed by atoms with Crippen molar-refractivity contribution in [2.75, 3.05) is 11.1 Å². The molecule has 0 atom stereocenters. The number of halogens is 3. The third-order valence-electron chi connectivity index (χ3n) is 5.19. The SMILES string of the molecule is Nc1ccc(C(=CC=CC(=O)Nc2cccc3cnccc23)c2ccc(C(F)(F)F)cc2)cc1. The number of benzene rings is 3. The number of hydrogen-bond donors (Lipinski definition) is 2. The Morgan fingerprint density at radius 1 is 0.912 bits per heavy atom. The lowest BCUT2D eigenvalue weighted by atomic mass is 9.96. The molecule has 0 fully saturated rings. The van der Waals surface area contributed by atoms with Crippen LogP contribution in [0.5, 0.6) is 0 Å². The second-order valence-electron chi connectivity index (χ2n) is 7.53. The molecule has 0 saturated heterocycles. The van der Waals surface area contributed by atoms with Crippen LogP contribution in [0.15, 0.2) is 103 Å². The number of nitrogen functional groups attached to an aromatic ring is 1. The molecule has 170 valence electrons. The molecule has 0 bridgehead atoms. The average molecular weight is 459 g/mol. The van der Waals surface area contributed by atoms with Crippen molar-refractivity contribution in [3.63, 3.8) is 0 Å². The highest BCUT2D eigenvalue weighted by atomic mass is 19.4. The van der Waals surface area contributed by atoms with Crippen LogP contribution in [0.1, 0.15) is 16.7 Å². The van der Waals surface area contributed by atoms with E-state index in [0.29, 0.717) is 22.5 Å². The van der Waals surface area contributed by atoms with Gasteiger partial charge in [0.25, 0.3) is 0 Å². The number of alkyl halides is 3. The Labute approximate surface area is 194 Å². The van der Waals surface area contributed by atoms with Gasteiger partial charge in [-0.05, 0) is 53.1 Å². The molecule has 3 aromatic carbocycles. The summed E-state index contributed by atoms with van der Waals surface area (Å²) in [5.41, 5.74) is 8.23. The molecule has 4 nitrogen and oxygen atoms in total. The van der Waals surface area contributed by atoms with Crippen LogP contribution >= 0.6 is 0 Å². The van der Waals surface area contributed by atoms with Crippen LogP contribution in [0.25, 0.3) is 16.3 Å². The highest BCUT2D eigenvalue weighted by Crippen LogP contribution is 2.31. The molecular weight excluding hydrogens is 439 g/mol. The van der Waals surface area contributed by atoms with Gasteiger partial charge in [-0.3, -0.25) is 9.78 Å². The molecule has 0 saturated carbocycles. The molecular formula is C27H20F3N3O. The van der Waals surface area contributed by atoms with Gasteiger partial charge in [0.15, 0.2) is 0 Å². The number of rotatable bonds is 5. The van der Waals surface area contributed by atoms with E-state index in [1.807, 2.05) is 18.2 Å². The summed E-state index contributed by atoms with van der Waals surface area (Å²) in [6.07, 6.45) is 3.55. The number of anilines is 2. The first-order valence-electron chi connectivity index (χ1n) is 10.4. The minimum absolute atomic E-state index is 0.343. The number of nitrogens with two attached hydrogens (primary N) is 1. The predicted octanol–water partition coefficient (Wildman–Crippen LogP) is 6.46. The highest BCUT2D eigenvalue weighted by Gasteiger charge is 2.30. The van der Waals surface area contributed by atoms with Gasteiger partial charge in [-0.25, -0.2) is 0 Å². The first kappa shape index (κ1) is 22.8. The Morgan fingerprint density at radius 2 is 1.59 bits per heavy atom. The van der Waals surface area contributed by atoms with Gasteiger partial charge < -0.3 is 11.1 Å². The first-order chi connectivity index (χ1) is 16.3. The van der Waals surface area contributed by atoms with Crippen molar-refractivity contribution in [2.45, 2.75) is 6.18 Å². The summed E-state index contributed by atoms with van der Waals surface area (Å²) in [5.74, 6) is -0.343. The van der Waals surface area contributed by atoms with Gasteiger partial charge in [0.05, 0.1) is 5.56 Å². The number of amides is 1. The third kappa shape index (κ3) is 5.32. The van der Waals surface area contributed by atoms with E-state index in [1.54, 1.807) is 54.9 Å². The zero-order valence-corrected chi connectivity index (χ0v) is 17.9. The smallest absolute Gasteiger partial charge is 0.399 e. The van der Waals surface area contributed by atoms with Gasteiger partial charge in [-0.2, -0.15) is 13.2 Å². The van der Waals surface area contributed by atoms with E-state index in [2.05, 4.69) is 10.3 Å². The molecule has 1 aromatic heterocycles. The van der Waals surface area contributed by atoms with Crippen molar-refractivity contribution < 1.29 is 18.0 Å². The molecule has 0 radical (unpaired) electrons. The van der Waals surface area contributed by atoms with Crippen LogP contribution in [-0.4, -0.2) is 10.9 Å². The number of hydrogen-bond acceptors (Lipinski definition) is 3. The number of carbonyl (C=O) groups excluding carboxylic acids is 1. The second-order valence-corrected chi connectivity index (χ2v) is 7.53. The summed E-state index contributed by atoms with van der Waals surface area (Å²) in [6, 6.07) is 19.2. The maximum Gasteiger partial charge on any atom is 0.416 e. The monoisotopic (exact) mass is 459 g/mol. The molecule has 34 heavy (non-hydrogen) atoms. The van der Waals surface area contributed by atoms with Crippen LogP contribution < -0.4 is 11.1 Å². The summed E-state index contributed by atoms with van der Waals surface area (Å²) >= 11 is 0. The molecule has 0 unspecified atom stereocenters. The fraction of sp³-hybridized carbons (Fsp3) is 0.0370. The average Bonchev–Trinajstić information content (AvgIpc) is 2.82. The summed E-state index contributed by atoms with van der Waals surface area (Å²) in [6.45, 7) is 0. The lowest BCUT2D eigenvalue weighted by molar-refractivity contribution is -0.137. The summed E-state index contributed by atoms with van der Waals surface area (Å²) in [4.78, 5) is 16.6. The number of allylic oxidation sites excluding steroid dienone is 2. The number of fused-ring (bicyclic) bond motifs is 1. The van der Waals surface area contributed by atoms with E-state index >= 15 is 0 Å². The molecule has 0 aliphatic rings. The molecule has 3 N–H and O–H groups in total. The van der Waals surface area contributed by atoms with Crippen LogP contribution in [-0.2, 0) is 11.0 Å². The standard InChI is InChI=1S/C27H20F3N3O/c28-27(29,30)21-11-7-18(8-12-21)23(19-9-13-22(31)14-10-19)4-2-6-26(34)33-25-5-1-3-20-17-32-16-15-24(20)25/h1-17H,31H2,(H,33,34). The number of carbonyl (C=O) groups is 1. The third-order valence-corrected chi connectivity index (χ3v) is 5.19. The molecule has 7 heteroatoms. The number of nitrogens with one attached hydrogen (secondary N) is 1. The molecule has 4 rings (SSSR count). The van der Waals surface area contributed by atoms with Gasteiger partial charge >= 0.3 is 6.18 Å². The maximum absolute atomic E-state index is 13.0. The maximum atomic E-state index is 13.0. The number of aromatic nitrogens is 1. The number of pyridine rings is 1. The molecule has 4 aromatic rings. The minimum Gasteiger partial charge on any atom is -0.399 e. The van der Waals surface area contributed by atoms with Gasteiger partial charge in [0.1, 0.15) is 0 Å². The fourth-order valence-electron chi connectivity index (χ4n) is 3.50. The zero-order chi connectivity index (χ0) is 24.1. The van der Waals surface area contributed by atoms with Crippen molar-refractivity contribution >= 4 is 33.6 Å². The second kappa shape index (κ2) is 9.62. The van der Waals surface area contributed by atoms with Crippen molar-refractivity contribution in [3.05, 3.63) is 120 Å². The van der Waals surface area contributed by atoms with Gasteiger partial charge in [0.2, 0.25) is 5.91 Å². The Morgan fingerprint density at radius 3 is 2.26 bits per heavy atom. The summed E-state index contributed by atoms with van der Waals surface area (Å²) in [7, 11) is 0. The lowest BCUT2D eigenvalue weighted by Gasteiger charge is -2.11.